The molecule has 0 aliphatic carbocycles. The molecule has 100 valence electrons. The number of halogens is 1. The number of ketones is 1. The molecule has 0 aliphatic rings. The molecule has 0 unspecified atom stereocenters. The molecule has 5 heteroatoms. The number of nitrogen functional groups attached to an aromatic ring is 1. The first-order chi connectivity index (χ1) is 9.52. The van der Waals surface area contributed by atoms with Crippen LogP contribution in [0.2, 0.25) is 0 Å². The molecule has 2 rings (SSSR count). The van der Waals surface area contributed by atoms with Crippen LogP contribution in [0.5, 0.6) is 0 Å². The average Bonchev–Trinajstić information content (AvgIpc) is 2.38. The number of hydrogen-bond acceptors (Lipinski definition) is 4. The van der Waals surface area contributed by atoms with Crippen molar-refractivity contribution in [1.29, 1.82) is 5.26 Å². The van der Waals surface area contributed by atoms with E-state index in [9.17, 15) is 9.18 Å². The number of benzene rings is 2. The van der Waals surface area contributed by atoms with Crippen LogP contribution in [-0.4, -0.2) is 5.78 Å². The third-order valence-electron chi connectivity index (χ3n) is 2.84. The molecule has 0 atom stereocenters. The predicted octanol–water partition coefficient (Wildman–Crippen LogP) is 3.23. The van der Waals surface area contributed by atoms with E-state index in [-0.39, 0.29) is 11.3 Å². The molecule has 0 heterocycles. The maximum atomic E-state index is 13.5. The standard InChI is InChI=1S/C15H12FN3O/c1-9(20)11-6-5-10(7-14(11)18)19-15-4-2-3-13(16)12(15)8-17/h2-7,19H,18H2,1H3. The molecule has 0 radical (unpaired) electrons. The third kappa shape index (κ3) is 2.59. The maximum Gasteiger partial charge on any atom is 0.161 e. The number of Topliss-reactive ketones (excluding diaryl/α,β-unsaturated/α-hetero) is 1. The van der Waals surface area contributed by atoms with Crippen LogP contribution in [0.15, 0.2) is 36.4 Å². The van der Waals surface area contributed by atoms with E-state index in [0.717, 1.165) is 0 Å². The van der Waals surface area contributed by atoms with Gasteiger partial charge < -0.3 is 11.1 Å². The van der Waals surface area contributed by atoms with Crippen LogP contribution in [0.25, 0.3) is 0 Å². The van der Waals surface area contributed by atoms with Crippen molar-refractivity contribution >= 4 is 22.8 Å². The van der Waals surface area contributed by atoms with Crippen LogP contribution in [0.4, 0.5) is 21.5 Å². The minimum absolute atomic E-state index is 0.0679. The lowest BCUT2D eigenvalue weighted by molar-refractivity contribution is 0.101. The van der Waals surface area contributed by atoms with E-state index in [1.807, 2.05) is 0 Å². The molecule has 4 nitrogen and oxygen atoms in total. The molecule has 0 spiro atoms. The number of hydrogen-bond donors (Lipinski definition) is 2. The lowest BCUT2D eigenvalue weighted by Crippen LogP contribution is -2.01. The number of nitrogens with zero attached hydrogens (tertiary/aromatic N) is 1. The molecule has 0 aromatic heterocycles. The minimum atomic E-state index is -0.592. The number of nitrogens with one attached hydrogen (secondary N) is 1. The molecule has 0 amide bonds. The van der Waals surface area contributed by atoms with Gasteiger partial charge in [-0.2, -0.15) is 5.26 Å². The first-order valence-corrected chi connectivity index (χ1v) is 5.89. The zero-order valence-corrected chi connectivity index (χ0v) is 10.8. The van der Waals surface area contributed by atoms with Crippen LogP contribution in [-0.2, 0) is 0 Å². The lowest BCUT2D eigenvalue weighted by Gasteiger charge is -2.10. The van der Waals surface area contributed by atoms with Gasteiger partial charge in [0.1, 0.15) is 17.4 Å². The zero-order valence-electron chi connectivity index (χ0n) is 10.8. The molecule has 3 N–H and O–H groups in total. The van der Waals surface area contributed by atoms with Crippen molar-refractivity contribution in [2.24, 2.45) is 0 Å². The Morgan fingerprint density at radius 3 is 2.70 bits per heavy atom. The highest BCUT2D eigenvalue weighted by atomic mass is 19.1. The van der Waals surface area contributed by atoms with Crippen molar-refractivity contribution in [3.63, 3.8) is 0 Å². The molecule has 0 bridgehead atoms. The van der Waals surface area contributed by atoms with Gasteiger partial charge in [-0.15, -0.1) is 0 Å². The Balaban J connectivity index is 2.37. The van der Waals surface area contributed by atoms with Gasteiger partial charge >= 0.3 is 0 Å². The normalized spacial score (nSPS) is 9.85. The largest absolute Gasteiger partial charge is 0.398 e. The van der Waals surface area contributed by atoms with Gasteiger partial charge in [0.05, 0.1) is 5.69 Å². The molecule has 0 fully saturated rings. The van der Waals surface area contributed by atoms with E-state index in [1.165, 1.54) is 19.1 Å². The van der Waals surface area contributed by atoms with E-state index in [1.54, 1.807) is 30.3 Å². The highest BCUT2D eigenvalue weighted by Gasteiger charge is 2.09. The fourth-order valence-corrected chi connectivity index (χ4v) is 1.86. The number of nitrogens with two attached hydrogens (primary N) is 1. The van der Waals surface area contributed by atoms with Gasteiger partial charge in [0.15, 0.2) is 5.78 Å². The highest BCUT2D eigenvalue weighted by molar-refractivity contribution is 5.99. The summed E-state index contributed by atoms with van der Waals surface area (Å²) in [7, 11) is 0. The summed E-state index contributed by atoms with van der Waals surface area (Å²) in [6.45, 7) is 1.43. The van der Waals surface area contributed by atoms with Crippen molar-refractivity contribution in [2.45, 2.75) is 6.92 Å². The van der Waals surface area contributed by atoms with E-state index in [0.29, 0.717) is 22.6 Å². The second kappa shape index (κ2) is 5.41. The highest BCUT2D eigenvalue weighted by Crippen LogP contribution is 2.25. The Bertz CT molecular complexity index is 720. The summed E-state index contributed by atoms with van der Waals surface area (Å²) >= 11 is 0. The average molecular weight is 269 g/mol. The minimum Gasteiger partial charge on any atom is -0.398 e. The van der Waals surface area contributed by atoms with Crippen LogP contribution in [0.1, 0.15) is 22.8 Å². The van der Waals surface area contributed by atoms with Gasteiger partial charge in [-0.25, -0.2) is 4.39 Å². The first-order valence-electron chi connectivity index (χ1n) is 5.89. The number of carbonyl (C=O) groups excluding carboxylic acids is 1. The molecule has 0 saturated carbocycles. The second-order valence-electron chi connectivity index (χ2n) is 4.26. The Morgan fingerprint density at radius 1 is 1.35 bits per heavy atom. The number of carbonyl (C=O) groups is 1. The molecule has 0 aliphatic heterocycles. The number of nitriles is 1. The summed E-state index contributed by atoms with van der Waals surface area (Å²) in [6, 6.07) is 10.9. The Kier molecular flexibility index (Phi) is 3.67. The van der Waals surface area contributed by atoms with Crippen molar-refractivity contribution < 1.29 is 9.18 Å². The molecular weight excluding hydrogens is 257 g/mol. The van der Waals surface area contributed by atoms with Crippen LogP contribution in [0, 0.1) is 17.1 Å². The molecule has 2 aromatic carbocycles. The van der Waals surface area contributed by atoms with Gasteiger partial charge in [-0.1, -0.05) is 6.07 Å². The lowest BCUT2D eigenvalue weighted by atomic mass is 10.1. The summed E-state index contributed by atoms with van der Waals surface area (Å²) in [4.78, 5) is 11.3. The van der Waals surface area contributed by atoms with Crippen molar-refractivity contribution in [1.82, 2.24) is 0 Å². The Labute approximate surface area is 115 Å². The number of rotatable bonds is 3. The monoisotopic (exact) mass is 269 g/mol. The first kappa shape index (κ1) is 13.6. The van der Waals surface area contributed by atoms with Gasteiger partial charge in [-0.05, 0) is 37.3 Å². The maximum absolute atomic E-state index is 13.5. The summed E-state index contributed by atoms with van der Waals surface area (Å²) in [5.41, 5.74) is 7.39. The second-order valence-corrected chi connectivity index (χ2v) is 4.26. The van der Waals surface area contributed by atoms with Crippen LogP contribution in [0.3, 0.4) is 0 Å². The van der Waals surface area contributed by atoms with Crippen molar-refractivity contribution in [3.8, 4) is 6.07 Å². The van der Waals surface area contributed by atoms with E-state index in [4.69, 9.17) is 11.0 Å². The van der Waals surface area contributed by atoms with Gasteiger partial charge in [0.25, 0.3) is 0 Å². The zero-order chi connectivity index (χ0) is 14.7. The topological polar surface area (TPSA) is 78.9 Å². The van der Waals surface area contributed by atoms with Crippen molar-refractivity contribution in [3.05, 3.63) is 53.3 Å². The van der Waals surface area contributed by atoms with Gasteiger partial charge in [0, 0.05) is 16.9 Å². The smallest absolute Gasteiger partial charge is 0.161 e. The molecule has 0 saturated heterocycles. The van der Waals surface area contributed by atoms with Gasteiger partial charge in [0.2, 0.25) is 0 Å². The van der Waals surface area contributed by atoms with E-state index in [2.05, 4.69) is 5.32 Å². The third-order valence-corrected chi connectivity index (χ3v) is 2.84. The van der Waals surface area contributed by atoms with Gasteiger partial charge in [-0.3, -0.25) is 4.79 Å². The van der Waals surface area contributed by atoms with Crippen LogP contribution < -0.4 is 11.1 Å². The van der Waals surface area contributed by atoms with E-state index >= 15 is 0 Å². The Hall–Kier alpha value is -2.87. The quantitative estimate of drug-likeness (QED) is 0.662. The predicted molar refractivity (Wildman–Crippen MR) is 75.3 cm³/mol. The summed E-state index contributed by atoms with van der Waals surface area (Å²) < 4.78 is 13.5. The summed E-state index contributed by atoms with van der Waals surface area (Å²) in [5.74, 6) is -0.719. The fourth-order valence-electron chi connectivity index (χ4n) is 1.86. The molecule has 20 heavy (non-hydrogen) atoms. The fraction of sp³-hybridized carbons (Fsp3) is 0.0667. The Morgan fingerprint density at radius 2 is 2.10 bits per heavy atom. The van der Waals surface area contributed by atoms with Crippen molar-refractivity contribution in [2.75, 3.05) is 11.1 Å². The number of anilines is 3. The molecular formula is C15H12FN3O. The van der Waals surface area contributed by atoms with E-state index < -0.39 is 5.82 Å². The molecule has 2 aromatic rings. The summed E-state index contributed by atoms with van der Waals surface area (Å²) in [6.07, 6.45) is 0. The SMILES string of the molecule is CC(=O)c1ccc(Nc2cccc(F)c2C#N)cc1N. The van der Waals surface area contributed by atoms with Crippen LogP contribution >= 0.6 is 0 Å². The summed E-state index contributed by atoms with van der Waals surface area (Å²) in [5, 5.41) is 11.9.